The molecule has 0 saturated heterocycles. The zero-order valence-electron chi connectivity index (χ0n) is 8.39. The van der Waals surface area contributed by atoms with Crippen molar-refractivity contribution < 1.29 is 13.2 Å². The second-order valence-electron chi connectivity index (χ2n) is 3.34. The van der Waals surface area contributed by atoms with Crippen LogP contribution in [0.4, 0.5) is 13.2 Å². The summed E-state index contributed by atoms with van der Waals surface area (Å²) in [5, 5.41) is 0. The number of fused-ring (bicyclic) bond motifs is 1. The van der Waals surface area contributed by atoms with E-state index >= 15 is 0 Å². The highest BCUT2D eigenvalue weighted by Gasteiger charge is 2.34. The Balaban J connectivity index is 2.86. The maximum Gasteiger partial charge on any atom is 0.419 e. The Morgan fingerprint density at radius 2 is 2.00 bits per heavy atom. The Morgan fingerprint density at radius 3 is 2.59 bits per heavy atom. The maximum atomic E-state index is 12.6. The van der Waals surface area contributed by atoms with Gasteiger partial charge in [-0.1, -0.05) is 0 Å². The lowest BCUT2D eigenvalue weighted by Gasteiger charge is -2.09. The van der Waals surface area contributed by atoms with Gasteiger partial charge in [-0.25, -0.2) is 9.97 Å². The minimum Gasteiger partial charge on any atom is -0.309 e. The summed E-state index contributed by atoms with van der Waals surface area (Å²) in [6, 6.07) is 0.800. The molecule has 4 nitrogen and oxygen atoms in total. The van der Waals surface area contributed by atoms with Crippen molar-refractivity contribution in [1.29, 1.82) is 0 Å². The molecule has 1 N–H and O–H groups in total. The molecule has 90 valence electrons. The molecule has 0 amide bonds. The first-order valence-electron chi connectivity index (χ1n) is 4.43. The van der Waals surface area contributed by atoms with E-state index in [2.05, 4.69) is 30.9 Å². The van der Waals surface area contributed by atoms with Gasteiger partial charge in [-0.15, -0.1) is 0 Å². The van der Waals surface area contributed by atoms with Crippen molar-refractivity contribution in [3.05, 3.63) is 32.4 Å². The monoisotopic (exact) mass is 307 g/mol. The van der Waals surface area contributed by atoms with Crippen LogP contribution in [-0.4, -0.2) is 15.0 Å². The quantitative estimate of drug-likeness (QED) is 0.760. The Kier molecular flexibility index (Phi) is 2.69. The van der Waals surface area contributed by atoms with E-state index < -0.39 is 21.9 Å². The molecule has 0 radical (unpaired) electrons. The molecule has 2 aromatic rings. The van der Waals surface area contributed by atoms with Crippen LogP contribution < -0.4 is 5.56 Å². The lowest BCUT2D eigenvalue weighted by atomic mass is 10.2. The molecule has 17 heavy (non-hydrogen) atoms. The number of nitrogens with zero attached hydrogens (tertiary/aromatic N) is 2. The van der Waals surface area contributed by atoms with Gasteiger partial charge < -0.3 is 4.98 Å². The highest BCUT2D eigenvalue weighted by Crippen LogP contribution is 2.34. The van der Waals surface area contributed by atoms with Gasteiger partial charge >= 0.3 is 6.18 Å². The third-order valence-electron chi connectivity index (χ3n) is 2.06. The Labute approximate surface area is 101 Å². The van der Waals surface area contributed by atoms with Crippen LogP contribution in [-0.2, 0) is 6.18 Å². The zero-order chi connectivity index (χ0) is 12.8. The van der Waals surface area contributed by atoms with Crippen molar-refractivity contribution in [1.82, 2.24) is 15.0 Å². The molecule has 0 saturated carbocycles. The number of H-pyrrole nitrogens is 1. The van der Waals surface area contributed by atoms with Crippen molar-refractivity contribution in [3.8, 4) is 0 Å². The fourth-order valence-corrected chi connectivity index (χ4v) is 1.88. The number of alkyl halides is 3. The molecule has 0 spiro atoms. The fraction of sp³-hybridized carbons (Fsp3) is 0.222. The average Bonchev–Trinajstić information content (AvgIpc) is 2.16. The van der Waals surface area contributed by atoms with E-state index in [1.807, 2.05) is 0 Å². The Bertz CT molecular complexity index is 650. The van der Waals surface area contributed by atoms with E-state index in [1.165, 1.54) is 6.92 Å². The van der Waals surface area contributed by atoms with Crippen LogP contribution in [0.3, 0.4) is 0 Å². The number of hydrogen-bond acceptors (Lipinski definition) is 3. The van der Waals surface area contributed by atoms with E-state index in [0.717, 1.165) is 6.07 Å². The molecule has 0 aliphatic carbocycles. The first-order valence-corrected chi connectivity index (χ1v) is 5.22. The summed E-state index contributed by atoms with van der Waals surface area (Å²) >= 11 is 2.69. The number of hydrogen-bond donors (Lipinski definition) is 1. The highest BCUT2D eigenvalue weighted by atomic mass is 79.9. The third kappa shape index (κ3) is 2.17. The summed E-state index contributed by atoms with van der Waals surface area (Å²) < 4.78 is 37.4. The lowest BCUT2D eigenvalue weighted by molar-refractivity contribution is -0.138. The number of aromatic nitrogens is 3. The van der Waals surface area contributed by atoms with E-state index in [0.29, 0.717) is 0 Å². The number of rotatable bonds is 0. The first kappa shape index (κ1) is 12.0. The molecule has 0 aliphatic rings. The predicted octanol–water partition coefficient (Wildman–Crippen LogP) is 2.41. The molecule has 0 unspecified atom stereocenters. The molecule has 0 aliphatic heterocycles. The molecule has 2 aromatic heterocycles. The summed E-state index contributed by atoms with van der Waals surface area (Å²) in [7, 11) is 0. The van der Waals surface area contributed by atoms with Gasteiger partial charge in [-0.2, -0.15) is 13.2 Å². The van der Waals surface area contributed by atoms with Crippen LogP contribution in [0, 0.1) is 6.92 Å². The van der Waals surface area contributed by atoms with Gasteiger partial charge in [0.05, 0.1) is 11.1 Å². The van der Waals surface area contributed by atoms with Crippen molar-refractivity contribution in [2.45, 2.75) is 13.1 Å². The van der Waals surface area contributed by atoms with Crippen LogP contribution in [0.5, 0.6) is 0 Å². The molecular weight excluding hydrogens is 303 g/mol. The summed E-state index contributed by atoms with van der Waals surface area (Å²) in [6.45, 7) is 1.48. The van der Waals surface area contributed by atoms with Crippen LogP contribution >= 0.6 is 15.9 Å². The first-order chi connectivity index (χ1) is 7.79. The van der Waals surface area contributed by atoms with Gasteiger partial charge in [0.25, 0.3) is 5.56 Å². The number of aromatic amines is 1. The summed E-state index contributed by atoms with van der Waals surface area (Å²) in [5.41, 5.74) is -1.73. The zero-order valence-corrected chi connectivity index (χ0v) is 9.98. The molecule has 2 heterocycles. The van der Waals surface area contributed by atoms with Crippen LogP contribution in [0.15, 0.2) is 15.5 Å². The van der Waals surface area contributed by atoms with Crippen molar-refractivity contribution >= 4 is 27.0 Å². The molecule has 0 atom stereocenters. The largest absolute Gasteiger partial charge is 0.419 e. The molecule has 2 rings (SSSR count). The number of pyridine rings is 1. The fourth-order valence-electron chi connectivity index (χ4n) is 1.36. The van der Waals surface area contributed by atoms with Gasteiger partial charge in [-0.3, -0.25) is 4.79 Å². The Morgan fingerprint density at radius 1 is 1.35 bits per heavy atom. The smallest absolute Gasteiger partial charge is 0.309 e. The second kappa shape index (κ2) is 3.80. The normalized spacial score (nSPS) is 12.1. The number of halogens is 4. The average molecular weight is 308 g/mol. The Hall–Kier alpha value is -1.44. The standard InChI is InChI=1S/C9H5BrF3N3O/c1-3-14-5-2-4(9(11,12)13)7(10)16-6(5)8(17)15-3/h2H,1H3,(H,14,15,17). The summed E-state index contributed by atoms with van der Waals surface area (Å²) in [6.07, 6.45) is -4.54. The van der Waals surface area contributed by atoms with Gasteiger partial charge in [0.1, 0.15) is 10.4 Å². The van der Waals surface area contributed by atoms with Crippen molar-refractivity contribution in [2.75, 3.05) is 0 Å². The van der Waals surface area contributed by atoms with Gasteiger partial charge in [0, 0.05) is 0 Å². The summed E-state index contributed by atoms with van der Waals surface area (Å²) in [5.74, 6) is 0.236. The second-order valence-corrected chi connectivity index (χ2v) is 4.09. The van der Waals surface area contributed by atoms with E-state index in [1.54, 1.807) is 0 Å². The predicted molar refractivity (Wildman–Crippen MR) is 57.6 cm³/mol. The topological polar surface area (TPSA) is 58.6 Å². The minimum atomic E-state index is -4.54. The van der Waals surface area contributed by atoms with Crippen LogP contribution in [0.25, 0.3) is 11.0 Å². The molecule has 0 bridgehead atoms. The highest BCUT2D eigenvalue weighted by molar-refractivity contribution is 9.10. The molecular formula is C9H5BrF3N3O. The third-order valence-corrected chi connectivity index (χ3v) is 2.66. The minimum absolute atomic E-state index is 0.0817. The summed E-state index contributed by atoms with van der Waals surface area (Å²) in [4.78, 5) is 21.2. The van der Waals surface area contributed by atoms with Crippen molar-refractivity contribution in [3.63, 3.8) is 0 Å². The van der Waals surface area contributed by atoms with Crippen molar-refractivity contribution in [2.24, 2.45) is 0 Å². The van der Waals surface area contributed by atoms with Crippen LogP contribution in [0.1, 0.15) is 11.4 Å². The molecule has 0 fully saturated rings. The number of nitrogens with one attached hydrogen (secondary N) is 1. The van der Waals surface area contributed by atoms with Crippen LogP contribution in [0.2, 0.25) is 0 Å². The van der Waals surface area contributed by atoms with Gasteiger partial charge in [0.2, 0.25) is 0 Å². The van der Waals surface area contributed by atoms with E-state index in [9.17, 15) is 18.0 Å². The number of aryl methyl sites for hydroxylation is 1. The SMILES string of the molecule is Cc1nc2cc(C(F)(F)F)c(Br)nc2c(=O)[nH]1. The molecule has 8 heteroatoms. The molecule has 0 aromatic carbocycles. The van der Waals surface area contributed by atoms with Gasteiger partial charge in [0.15, 0.2) is 5.52 Å². The van der Waals surface area contributed by atoms with E-state index in [4.69, 9.17) is 0 Å². The van der Waals surface area contributed by atoms with E-state index in [-0.39, 0.29) is 16.9 Å². The lowest BCUT2D eigenvalue weighted by Crippen LogP contribution is -2.14. The van der Waals surface area contributed by atoms with Gasteiger partial charge in [-0.05, 0) is 28.9 Å². The maximum absolute atomic E-state index is 12.6.